The smallest absolute Gasteiger partial charge is 0.146 e. The van der Waals surface area contributed by atoms with Gasteiger partial charge in [-0.1, -0.05) is 79.1 Å². The van der Waals surface area contributed by atoms with Crippen molar-refractivity contribution in [3.63, 3.8) is 0 Å². The van der Waals surface area contributed by atoms with E-state index in [0.717, 1.165) is 103 Å². The topological polar surface area (TPSA) is 51.2 Å². The first-order valence-electron chi connectivity index (χ1n) is 20.0. The number of rotatable bonds is 16. The summed E-state index contributed by atoms with van der Waals surface area (Å²) >= 11 is 0. The summed E-state index contributed by atoms with van der Waals surface area (Å²) in [5, 5.41) is 0. The zero-order valence-electron chi connectivity index (χ0n) is 29.6. The summed E-state index contributed by atoms with van der Waals surface area (Å²) < 4.78 is 0. The normalized spacial score (nSPS) is 30.3. The maximum absolute atomic E-state index is 16.1. The molecule has 252 valence electrons. The Kier molecular flexibility index (Phi) is 14.1. The quantitative estimate of drug-likeness (QED) is 0.175. The highest BCUT2D eigenvalue weighted by molar-refractivity contribution is 5.92. The van der Waals surface area contributed by atoms with Gasteiger partial charge >= 0.3 is 0 Å². The zero-order chi connectivity index (χ0) is 31.6. The van der Waals surface area contributed by atoms with Crippen molar-refractivity contribution < 1.29 is 14.4 Å². The molecule has 0 heterocycles. The fourth-order valence-electron chi connectivity index (χ4n) is 11.5. The van der Waals surface area contributed by atoms with Crippen molar-refractivity contribution in [2.75, 3.05) is 0 Å². The second kappa shape index (κ2) is 17.2. The highest BCUT2D eigenvalue weighted by Crippen LogP contribution is 2.61. The highest BCUT2D eigenvalue weighted by Gasteiger charge is 2.60. The fourth-order valence-corrected chi connectivity index (χ4v) is 11.5. The van der Waals surface area contributed by atoms with Gasteiger partial charge in [0.05, 0.1) is 0 Å². The molecule has 44 heavy (non-hydrogen) atoms. The van der Waals surface area contributed by atoms with Crippen LogP contribution in [0.1, 0.15) is 195 Å². The van der Waals surface area contributed by atoms with Gasteiger partial charge in [0.2, 0.25) is 0 Å². The third-order valence-corrected chi connectivity index (χ3v) is 14.1. The molecule has 4 rings (SSSR count). The molecule has 4 aliphatic carbocycles. The van der Waals surface area contributed by atoms with Crippen LogP contribution in [0.5, 0.6) is 0 Å². The Morgan fingerprint density at radius 2 is 0.773 bits per heavy atom. The van der Waals surface area contributed by atoms with Crippen LogP contribution in [-0.2, 0) is 14.4 Å². The summed E-state index contributed by atoms with van der Waals surface area (Å²) in [6.07, 6.45) is 28.6. The van der Waals surface area contributed by atoms with Gasteiger partial charge in [-0.15, -0.1) is 0 Å². The largest absolute Gasteiger partial charge is 0.299 e. The Morgan fingerprint density at radius 1 is 0.455 bits per heavy atom. The van der Waals surface area contributed by atoms with Crippen LogP contribution in [-0.4, -0.2) is 17.3 Å². The second-order valence-electron chi connectivity index (χ2n) is 16.0. The molecule has 3 heteroatoms. The Labute approximate surface area is 272 Å². The van der Waals surface area contributed by atoms with E-state index in [-0.39, 0.29) is 22.7 Å². The van der Waals surface area contributed by atoms with Crippen LogP contribution in [0.4, 0.5) is 0 Å². The molecule has 4 fully saturated rings. The van der Waals surface area contributed by atoms with Gasteiger partial charge in [-0.3, -0.25) is 14.4 Å². The monoisotopic (exact) mass is 611 g/mol. The first-order valence-corrected chi connectivity index (χ1v) is 20.0. The van der Waals surface area contributed by atoms with Gasteiger partial charge in [0.1, 0.15) is 17.3 Å². The van der Waals surface area contributed by atoms with Crippen LogP contribution in [0.3, 0.4) is 0 Å². The van der Waals surface area contributed by atoms with Crippen molar-refractivity contribution in [1.29, 1.82) is 0 Å². The SMILES string of the molecule is CCCCC(=O)C1CCC(C(CC)(C(=O)C(CC)(C2CCCCC2)C2CCC(C(=O)CCCC)CC2)C2CCCCC2)CC1. The molecule has 0 bridgehead atoms. The summed E-state index contributed by atoms with van der Waals surface area (Å²) in [5.74, 6) is 4.00. The molecule has 0 aromatic rings. The average Bonchev–Trinajstić information content (AvgIpc) is 3.09. The Morgan fingerprint density at radius 3 is 1.07 bits per heavy atom. The van der Waals surface area contributed by atoms with Gasteiger partial charge in [0.25, 0.3) is 0 Å². The molecular weight excluding hydrogens is 540 g/mol. The molecule has 0 aliphatic heterocycles. The summed E-state index contributed by atoms with van der Waals surface area (Å²) in [5.41, 5.74) is -0.474. The van der Waals surface area contributed by atoms with Crippen molar-refractivity contribution in [3.05, 3.63) is 0 Å². The lowest BCUT2D eigenvalue weighted by molar-refractivity contribution is -0.163. The number of carbonyl (C=O) groups excluding carboxylic acids is 3. The van der Waals surface area contributed by atoms with Gasteiger partial charge < -0.3 is 0 Å². The maximum atomic E-state index is 16.1. The standard InChI is InChI=1S/C41H70O3/c1-5-9-21-37(42)31-23-27-35(28-24-31)40(7-3,33-17-13-11-14-18-33)39(44)41(8-4,34-19-15-12-16-20-34)36-29-25-32(26-30-36)38(43)22-10-6-2/h31-36H,5-30H2,1-4H3. The van der Waals surface area contributed by atoms with Crippen LogP contribution in [0, 0.1) is 46.3 Å². The van der Waals surface area contributed by atoms with Crippen molar-refractivity contribution in [2.45, 2.75) is 195 Å². The Hall–Kier alpha value is -0.990. The van der Waals surface area contributed by atoms with Gasteiger partial charge in [-0.25, -0.2) is 0 Å². The summed E-state index contributed by atoms with van der Waals surface area (Å²) in [6.45, 7) is 9.10. The molecule has 0 amide bonds. The number of ketones is 3. The van der Waals surface area contributed by atoms with Crippen molar-refractivity contribution in [2.24, 2.45) is 46.3 Å². The summed E-state index contributed by atoms with van der Waals surface area (Å²) in [6, 6.07) is 0. The Bertz CT molecular complexity index is 823. The van der Waals surface area contributed by atoms with E-state index in [9.17, 15) is 9.59 Å². The minimum Gasteiger partial charge on any atom is -0.299 e. The lowest BCUT2D eigenvalue weighted by Crippen LogP contribution is -2.58. The predicted octanol–water partition coefficient (Wildman–Crippen LogP) is 11.6. The van der Waals surface area contributed by atoms with E-state index in [0.29, 0.717) is 41.0 Å². The van der Waals surface area contributed by atoms with E-state index in [4.69, 9.17) is 0 Å². The van der Waals surface area contributed by atoms with E-state index in [2.05, 4.69) is 27.7 Å². The van der Waals surface area contributed by atoms with Gasteiger partial charge in [-0.2, -0.15) is 0 Å². The van der Waals surface area contributed by atoms with E-state index >= 15 is 4.79 Å². The van der Waals surface area contributed by atoms with Gasteiger partial charge in [0.15, 0.2) is 0 Å². The van der Waals surface area contributed by atoms with Crippen LogP contribution in [0.25, 0.3) is 0 Å². The lowest BCUT2D eigenvalue weighted by Gasteiger charge is -2.57. The molecule has 2 atom stereocenters. The number of unbranched alkanes of at least 4 members (excludes halogenated alkanes) is 2. The molecule has 2 unspecified atom stereocenters. The number of hydrogen-bond acceptors (Lipinski definition) is 3. The Balaban J connectivity index is 1.67. The van der Waals surface area contributed by atoms with E-state index in [1.807, 2.05) is 0 Å². The zero-order valence-corrected chi connectivity index (χ0v) is 29.6. The summed E-state index contributed by atoms with van der Waals surface area (Å²) in [4.78, 5) is 42.3. The molecular formula is C41H70O3. The van der Waals surface area contributed by atoms with Crippen molar-refractivity contribution in [3.8, 4) is 0 Å². The first-order chi connectivity index (χ1) is 21.4. The van der Waals surface area contributed by atoms with Gasteiger partial charge in [-0.05, 0) is 126 Å². The predicted molar refractivity (Wildman–Crippen MR) is 184 cm³/mol. The summed E-state index contributed by atoms with van der Waals surface area (Å²) in [7, 11) is 0. The third-order valence-electron chi connectivity index (χ3n) is 14.1. The lowest BCUT2D eigenvalue weighted by atomic mass is 9.45. The van der Waals surface area contributed by atoms with Crippen LogP contribution >= 0.6 is 0 Å². The molecule has 0 N–H and O–H groups in total. The molecule has 0 aromatic heterocycles. The van der Waals surface area contributed by atoms with E-state index in [1.54, 1.807) is 0 Å². The van der Waals surface area contributed by atoms with Crippen molar-refractivity contribution >= 4 is 17.3 Å². The molecule has 3 nitrogen and oxygen atoms in total. The number of carbonyl (C=O) groups is 3. The molecule has 4 aliphatic rings. The van der Waals surface area contributed by atoms with Crippen LogP contribution < -0.4 is 0 Å². The van der Waals surface area contributed by atoms with Crippen molar-refractivity contribution in [1.82, 2.24) is 0 Å². The molecule has 0 aromatic carbocycles. The van der Waals surface area contributed by atoms with Gasteiger partial charge in [0, 0.05) is 35.5 Å². The molecule has 0 saturated heterocycles. The fraction of sp³-hybridized carbons (Fsp3) is 0.927. The van der Waals surface area contributed by atoms with Crippen LogP contribution in [0.2, 0.25) is 0 Å². The first kappa shape index (κ1) is 35.9. The number of hydrogen-bond donors (Lipinski definition) is 0. The average molecular weight is 611 g/mol. The molecule has 0 spiro atoms. The van der Waals surface area contributed by atoms with E-state index in [1.165, 1.54) is 64.2 Å². The molecule has 4 saturated carbocycles. The maximum Gasteiger partial charge on any atom is 0.146 e. The third kappa shape index (κ3) is 7.59. The van der Waals surface area contributed by atoms with E-state index < -0.39 is 0 Å². The second-order valence-corrected chi connectivity index (χ2v) is 16.0. The minimum atomic E-state index is -0.237. The highest BCUT2D eigenvalue weighted by atomic mass is 16.1. The number of Topliss-reactive ketones (excluding diaryl/α,β-unsaturated/α-hetero) is 3. The minimum absolute atomic E-state index is 0.226. The molecule has 0 radical (unpaired) electrons. The van der Waals surface area contributed by atoms with Crippen LogP contribution in [0.15, 0.2) is 0 Å².